The minimum absolute atomic E-state index is 0.191. The minimum Gasteiger partial charge on any atom is -0.479 e. The van der Waals surface area contributed by atoms with E-state index in [0.717, 1.165) is 18.4 Å². The Bertz CT molecular complexity index is 646. The number of carbonyl (C=O) groups is 1. The Hall–Kier alpha value is -2.07. The van der Waals surface area contributed by atoms with Gasteiger partial charge in [0.1, 0.15) is 11.6 Å². The third kappa shape index (κ3) is 5.57. The third-order valence-corrected chi connectivity index (χ3v) is 3.68. The molecule has 23 heavy (non-hydrogen) atoms. The molecule has 0 aliphatic rings. The molecule has 122 valence electrons. The Morgan fingerprint density at radius 3 is 2.61 bits per heavy atom. The molecule has 2 rings (SSSR count). The maximum Gasteiger partial charge on any atom is 0.260 e. The Morgan fingerprint density at radius 2 is 1.91 bits per heavy atom. The number of para-hydroxylation sites is 1. The first-order valence-electron chi connectivity index (χ1n) is 7.49. The molecule has 5 heteroatoms. The zero-order valence-electron chi connectivity index (χ0n) is 12.9. The number of amides is 1. The van der Waals surface area contributed by atoms with Crippen molar-refractivity contribution < 1.29 is 13.9 Å². The van der Waals surface area contributed by atoms with Gasteiger partial charge in [0, 0.05) is 6.54 Å². The van der Waals surface area contributed by atoms with Crippen molar-refractivity contribution in [2.24, 2.45) is 0 Å². The molecule has 0 aromatic heterocycles. The molecule has 0 saturated carbocycles. The van der Waals surface area contributed by atoms with E-state index in [1.54, 1.807) is 43.3 Å². The number of halogens is 2. The maximum absolute atomic E-state index is 12.8. The summed E-state index contributed by atoms with van der Waals surface area (Å²) >= 11 is 6.00. The number of ether oxygens (including phenoxy) is 1. The molecule has 0 heterocycles. The minimum atomic E-state index is -0.624. The van der Waals surface area contributed by atoms with Gasteiger partial charge in [0.05, 0.1) is 5.02 Å². The molecule has 1 amide bonds. The van der Waals surface area contributed by atoms with E-state index in [0.29, 0.717) is 17.3 Å². The fourth-order valence-electron chi connectivity index (χ4n) is 2.08. The first-order valence-corrected chi connectivity index (χ1v) is 7.87. The lowest BCUT2D eigenvalue weighted by Gasteiger charge is -2.15. The number of nitrogens with one attached hydrogen (secondary N) is 1. The van der Waals surface area contributed by atoms with Gasteiger partial charge in [0.15, 0.2) is 6.10 Å². The van der Waals surface area contributed by atoms with Crippen LogP contribution in [0.5, 0.6) is 5.75 Å². The van der Waals surface area contributed by atoms with E-state index >= 15 is 0 Å². The van der Waals surface area contributed by atoms with Crippen LogP contribution in [0.15, 0.2) is 48.5 Å². The van der Waals surface area contributed by atoms with Crippen LogP contribution >= 0.6 is 11.6 Å². The van der Waals surface area contributed by atoms with Crippen LogP contribution in [0.1, 0.15) is 18.9 Å². The number of benzene rings is 2. The average molecular weight is 336 g/mol. The summed E-state index contributed by atoms with van der Waals surface area (Å²) in [6.07, 6.45) is 0.928. The molecule has 0 aliphatic heterocycles. The number of carbonyl (C=O) groups excluding carboxylic acids is 1. The topological polar surface area (TPSA) is 38.3 Å². The quantitative estimate of drug-likeness (QED) is 0.777. The van der Waals surface area contributed by atoms with Gasteiger partial charge in [0.2, 0.25) is 0 Å². The third-order valence-electron chi connectivity index (χ3n) is 3.36. The fourth-order valence-corrected chi connectivity index (χ4v) is 2.26. The van der Waals surface area contributed by atoms with Gasteiger partial charge >= 0.3 is 0 Å². The van der Waals surface area contributed by atoms with Crippen molar-refractivity contribution in [3.63, 3.8) is 0 Å². The summed E-state index contributed by atoms with van der Waals surface area (Å²) in [5, 5.41) is 3.30. The molecule has 0 bridgehead atoms. The van der Waals surface area contributed by atoms with Crippen molar-refractivity contribution in [1.82, 2.24) is 5.32 Å². The molecule has 0 radical (unpaired) electrons. The Morgan fingerprint density at radius 1 is 1.22 bits per heavy atom. The maximum atomic E-state index is 12.8. The highest BCUT2D eigenvalue weighted by molar-refractivity contribution is 6.32. The molecule has 0 fully saturated rings. The van der Waals surface area contributed by atoms with E-state index in [4.69, 9.17) is 16.3 Å². The molecule has 1 N–H and O–H groups in total. The van der Waals surface area contributed by atoms with Crippen LogP contribution in [-0.2, 0) is 11.2 Å². The smallest absolute Gasteiger partial charge is 0.260 e. The summed E-state index contributed by atoms with van der Waals surface area (Å²) in [5.41, 5.74) is 1.04. The van der Waals surface area contributed by atoms with E-state index in [1.165, 1.54) is 12.1 Å². The molecule has 3 nitrogen and oxygen atoms in total. The average Bonchev–Trinajstić information content (AvgIpc) is 2.55. The van der Waals surface area contributed by atoms with E-state index in [2.05, 4.69) is 5.32 Å². The van der Waals surface area contributed by atoms with E-state index in [9.17, 15) is 9.18 Å². The SMILES string of the molecule is C[C@H](Oc1ccccc1Cl)C(=O)NCCCc1ccc(F)cc1. The highest BCUT2D eigenvalue weighted by atomic mass is 35.5. The van der Waals surface area contributed by atoms with E-state index in [1.807, 2.05) is 0 Å². The predicted molar refractivity (Wildman–Crippen MR) is 89.3 cm³/mol. The molecular formula is C18H19ClFNO2. The molecule has 0 aliphatic carbocycles. The summed E-state index contributed by atoms with van der Waals surface area (Å²) in [6.45, 7) is 2.21. The van der Waals surface area contributed by atoms with Crippen LogP contribution in [-0.4, -0.2) is 18.6 Å². The van der Waals surface area contributed by atoms with Crippen molar-refractivity contribution in [3.05, 3.63) is 64.9 Å². The Kier molecular flexibility index (Phi) is 6.41. The number of rotatable bonds is 7. The van der Waals surface area contributed by atoms with Gasteiger partial charge in [0.25, 0.3) is 5.91 Å². The summed E-state index contributed by atoms with van der Waals surface area (Å²) in [4.78, 5) is 12.0. The van der Waals surface area contributed by atoms with Gasteiger partial charge in [-0.3, -0.25) is 4.79 Å². The zero-order chi connectivity index (χ0) is 16.7. The van der Waals surface area contributed by atoms with E-state index < -0.39 is 6.10 Å². The lowest BCUT2D eigenvalue weighted by atomic mass is 10.1. The highest BCUT2D eigenvalue weighted by Gasteiger charge is 2.15. The zero-order valence-corrected chi connectivity index (χ0v) is 13.6. The summed E-state index contributed by atoms with van der Waals surface area (Å²) in [7, 11) is 0. The van der Waals surface area contributed by atoms with Crippen LogP contribution in [0.3, 0.4) is 0 Å². The standard InChI is InChI=1S/C18H19ClFNO2/c1-13(23-17-7-3-2-6-16(17)19)18(22)21-12-4-5-14-8-10-15(20)11-9-14/h2-3,6-11,13H,4-5,12H2,1H3,(H,21,22)/t13-/m0/s1. The molecule has 1 atom stereocenters. The van der Waals surface area contributed by atoms with Gasteiger partial charge in [-0.05, 0) is 49.6 Å². The van der Waals surface area contributed by atoms with Gasteiger partial charge in [-0.15, -0.1) is 0 Å². The van der Waals surface area contributed by atoms with Gasteiger partial charge < -0.3 is 10.1 Å². The van der Waals surface area contributed by atoms with Crippen LogP contribution in [0.25, 0.3) is 0 Å². The summed E-state index contributed by atoms with van der Waals surface area (Å²) in [5.74, 6) is 0.0553. The largest absolute Gasteiger partial charge is 0.479 e. The van der Waals surface area contributed by atoms with Crippen LogP contribution in [0.4, 0.5) is 4.39 Å². The normalized spacial score (nSPS) is 11.8. The molecule has 2 aromatic rings. The number of hydrogen-bond donors (Lipinski definition) is 1. The number of aryl methyl sites for hydroxylation is 1. The second kappa shape index (κ2) is 8.53. The summed E-state index contributed by atoms with van der Waals surface area (Å²) < 4.78 is 18.3. The second-order valence-electron chi connectivity index (χ2n) is 5.21. The first-order chi connectivity index (χ1) is 11.1. The van der Waals surface area contributed by atoms with Crippen molar-refractivity contribution in [2.75, 3.05) is 6.54 Å². The number of hydrogen-bond acceptors (Lipinski definition) is 2. The van der Waals surface area contributed by atoms with Gasteiger partial charge in [-0.2, -0.15) is 0 Å². The monoisotopic (exact) mass is 335 g/mol. The lowest BCUT2D eigenvalue weighted by molar-refractivity contribution is -0.127. The molecular weight excluding hydrogens is 317 g/mol. The van der Waals surface area contributed by atoms with Crippen LogP contribution in [0, 0.1) is 5.82 Å². The predicted octanol–water partition coefficient (Wildman–Crippen LogP) is 4.00. The van der Waals surface area contributed by atoms with Crippen molar-refractivity contribution in [2.45, 2.75) is 25.9 Å². The van der Waals surface area contributed by atoms with Crippen molar-refractivity contribution in [1.29, 1.82) is 0 Å². The van der Waals surface area contributed by atoms with Gasteiger partial charge in [-0.25, -0.2) is 4.39 Å². The van der Waals surface area contributed by atoms with Crippen LogP contribution < -0.4 is 10.1 Å². The molecule has 0 saturated heterocycles. The van der Waals surface area contributed by atoms with E-state index in [-0.39, 0.29) is 11.7 Å². The Labute approximate surface area is 140 Å². The van der Waals surface area contributed by atoms with Crippen molar-refractivity contribution in [3.8, 4) is 5.75 Å². The summed E-state index contributed by atoms with van der Waals surface area (Å²) in [6, 6.07) is 13.4. The Balaban J connectivity index is 1.72. The van der Waals surface area contributed by atoms with Gasteiger partial charge in [-0.1, -0.05) is 35.9 Å². The van der Waals surface area contributed by atoms with Crippen molar-refractivity contribution >= 4 is 17.5 Å². The molecule has 0 unspecified atom stereocenters. The lowest BCUT2D eigenvalue weighted by Crippen LogP contribution is -2.37. The highest BCUT2D eigenvalue weighted by Crippen LogP contribution is 2.24. The first kappa shape index (κ1) is 17.3. The molecule has 2 aromatic carbocycles. The molecule has 0 spiro atoms. The second-order valence-corrected chi connectivity index (χ2v) is 5.62. The van der Waals surface area contributed by atoms with Crippen LogP contribution in [0.2, 0.25) is 5.02 Å². The fraction of sp³-hybridized carbons (Fsp3) is 0.278.